The SMILES string of the molecule is Cn1ccc(C(=O)Cn2ccc(=O)c3ccccc32)c1. The number of carbonyl (C=O) groups excluding carboxylic acids is 1. The Hall–Kier alpha value is -2.62. The number of benzene rings is 1. The van der Waals surface area contributed by atoms with E-state index in [4.69, 9.17) is 0 Å². The van der Waals surface area contributed by atoms with Crippen LogP contribution in [-0.2, 0) is 13.6 Å². The van der Waals surface area contributed by atoms with Crippen molar-refractivity contribution in [3.05, 3.63) is 70.8 Å². The number of Topliss-reactive ketones (excluding diaryl/α,β-unsaturated/α-hetero) is 1. The molecule has 2 heterocycles. The Morgan fingerprint density at radius 1 is 1.10 bits per heavy atom. The molecule has 4 heteroatoms. The quantitative estimate of drug-likeness (QED) is 0.682. The average Bonchev–Trinajstić information content (AvgIpc) is 2.89. The topological polar surface area (TPSA) is 44.0 Å². The van der Waals surface area contributed by atoms with Crippen molar-refractivity contribution in [2.24, 2.45) is 7.05 Å². The van der Waals surface area contributed by atoms with Gasteiger partial charge in [0.1, 0.15) is 0 Å². The zero-order valence-electron chi connectivity index (χ0n) is 11.1. The molecular weight excluding hydrogens is 252 g/mol. The van der Waals surface area contributed by atoms with Crippen LogP contribution in [0.25, 0.3) is 10.9 Å². The van der Waals surface area contributed by atoms with E-state index in [2.05, 4.69) is 0 Å². The molecule has 0 unspecified atom stereocenters. The molecule has 20 heavy (non-hydrogen) atoms. The van der Waals surface area contributed by atoms with Crippen LogP contribution in [0.5, 0.6) is 0 Å². The maximum atomic E-state index is 12.2. The van der Waals surface area contributed by atoms with Crippen molar-refractivity contribution in [1.29, 1.82) is 0 Å². The van der Waals surface area contributed by atoms with Crippen molar-refractivity contribution in [2.45, 2.75) is 6.54 Å². The third-order valence-electron chi connectivity index (χ3n) is 3.35. The minimum absolute atomic E-state index is 0.0241. The molecule has 0 saturated heterocycles. The van der Waals surface area contributed by atoms with Crippen molar-refractivity contribution in [3.63, 3.8) is 0 Å². The fourth-order valence-electron chi connectivity index (χ4n) is 2.31. The minimum Gasteiger partial charge on any atom is -0.357 e. The summed E-state index contributed by atoms with van der Waals surface area (Å²) in [5.41, 5.74) is 1.43. The number of pyridine rings is 1. The van der Waals surface area contributed by atoms with E-state index in [-0.39, 0.29) is 17.8 Å². The van der Waals surface area contributed by atoms with Gasteiger partial charge in [-0.15, -0.1) is 0 Å². The average molecular weight is 266 g/mol. The lowest BCUT2D eigenvalue weighted by molar-refractivity contribution is 0.0973. The summed E-state index contributed by atoms with van der Waals surface area (Å²) in [5.74, 6) is 0.0272. The van der Waals surface area contributed by atoms with E-state index in [0.29, 0.717) is 10.9 Å². The standard InChI is InChI=1S/C16H14N2O2/c1-17-8-6-12(10-17)16(20)11-18-9-7-15(19)13-4-2-3-5-14(13)18/h2-10H,11H2,1H3. The van der Waals surface area contributed by atoms with Crippen molar-refractivity contribution in [3.8, 4) is 0 Å². The first-order chi connectivity index (χ1) is 9.65. The number of aromatic nitrogens is 2. The van der Waals surface area contributed by atoms with Gasteiger partial charge in [0.25, 0.3) is 0 Å². The van der Waals surface area contributed by atoms with Gasteiger partial charge in [-0.1, -0.05) is 12.1 Å². The second kappa shape index (κ2) is 4.81. The molecule has 0 aliphatic rings. The van der Waals surface area contributed by atoms with Gasteiger partial charge in [-0.25, -0.2) is 0 Å². The van der Waals surface area contributed by atoms with Crippen LogP contribution in [0.2, 0.25) is 0 Å². The van der Waals surface area contributed by atoms with E-state index in [1.165, 1.54) is 6.07 Å². The molecule has 0 bridgehead atoms. The number of hydrogen-bond donors (Lipinski definition) is 0. The second-order valence-corrected chi connectivity index (χ2v) is 4.81. The van der Waals surface area contributed by atoms with Gasteiger partial charge >= 0.3 is 0 Å². The Labute approximate surface area is 115 Å². The molecule has 0 saturated carbocycles. The summed E-state index contributed by atoms with van der Waals surface area (Å²) in [5, 5.41) is 0.635. The van der Waals surface area contributed by atoms with E-state index in [1.807, 2.05) is 40.6 Å². The molecule has 0 aliphatic carbocycles. The van der Waals surface area contributed by atoms with E-state index in [1.54, 1.807) is 24.5 Å². The second-order valence-electron chi connectivity index (χ2n) is 4.81. The Morgan fingerprint density at radius 3 is 2.65 bits per heavy atom. The molecule has 0 fully saturated rings. The molecule has 0 N–H and O–H groups in total. The number of nitrogens with zero attached hydrogens (tertiary/aromatic N) is 2. The first-order valence-electron chi connectivity index (χ1n) is 6.38. The smallest absolute Gasteiger partial charge is 0.189 e. The lowest BCUT2D eigenvalue weighted by Crippen LogP contribution is -2.13. The molecule has 0 radical (unpaired) electrons. The fraction of sp³-hybridized carbons (Fsp3) is 0.125. The Bertz CT molecular complexity index is 843. The van der Waals surface area contributed by atoms with Gasteiger partial charge in [0.15, 0.2) is 11.2 Å². The van der Waals surface area contributed by atoms with Crippen LogP contribution in [0.3, 0.4) is 0 Å². The van der Waals surface area contributed by atoms with Gasteiger partial charge < -0.3 is 9.13 Å². The predicted molar refractivity (Wildman–Crippen MR) is 78.0 cm³/mol. The number of hydrogen-bond acceptors (Lipinski definition) is 2. The maximum Gasteiger partial charge on any atom is 0.189 e. The highest BCUT2D eigenvalue weighted by atomic mass is 16.1. The zero-order chi connectivity index (χ0) is 14.1. The highest BCUT2D eigenvalue weighted by molar-refractivity contribution is 5.96. The maximum absolute atomic E-state index is 12.2. The van der Waals surface area contributed by atoms with Gasteiger partial charge in [0.2, 0.25) is 0 Å². The van der Waals surface area contributed by atoms with Crippen LogP contribution < -0.4 is 5.43 Å². The summed E-state index contributed by atoms with van der Waals surface area (Å²) < 4.78 is 3.66. The largest absolute Gasteiger partial charge is 0.357 e. The van der Waals surface area contributed by atoms with Gasteiger partial charge in [-0.2, -0.15) is 0 Å². The normalized spacial score (nSPS) is 10.8. The molecule has 1 aromatic carbocycles. The molecule has 0 atom stereocenters. The van der Waals surface area contributed by atoms with Crippen LogP contribution >= 0.6 is 0 Å². The first-order valence-corrected chi connectivity index (χ1v) is 6.38. The summed E-state index contributed by atoms with van der Waals surface area (Å²) in [6.07, 6.45) is 5.31. The molecule has 0 amide bonds. The molecular formula is C16H14N2O2. The monoisotopic (exact) mass is 266 g/mol. The van der Waals surface area contributed by atoms with E-state index in [9.17, 15) is 9.59 Å². The number of rotatable bonds is 3. The van der Waals surface area contributed by atoms with Gasteiger partial charge in [-0.05, 0) is 18.2 Å². The first kappa shape index (κ1) is 12.4. The molecule has 2 aromatic heterocycles. The highest BCUT2D eigenvalue weighted by Crippen LogP contribution is 2.11. The molecule has 0 spiro atoms. The predicted octanol–water partition coefficient (Wildman–Crippen LogP) is 2.22. The zero-order valence-corrected chi connectivity index (χ0v) is 11.1. The molecule has 3 rings (SSSR count). The Balaban J connectivity index is 2.01. The van der Waals surface area contributed by atoms with Gasteiger partial charge in [0, 0.05) is 42.7 Å². The third-order valence-corrected chi connectivity index (χ3v) is 3.35. The fourth-order valence-corrected chi connectivity index (χ4v) is 2.31. The highest BCUT2D eigenvalue weighted by Gasteiger charge is 2.09. The number of carbonyl (C=O) groups is 1. The van der Waals surface area contributed by atoms with Gasteiger partial charge in [-0.3, -0.25) is 9.59 Å². The van der Waals surface area contributed by atoms with E-state index in [0.717, 1.165) is 5.52 Å². The van der Waals surface area contributed by atoms with Gasteiger partial charge in [0.05, 0.1) is 12.1 Å². The van der Waals surface area contributed by atoms with Crippen molar-refractivity contribution < 1.29 is 4.79 Å². The van der Waals surface area contributed by atoms with E-state index < -0.39 is 0 Å². The van der Waals surface area contributed by atoms with Crippen LogP contribution in [0.1, 0.15) is 10.4 Å². The van der Waals surface area contributed by atoms with Crippen molar-refractivity contribution in [2.75, 3.05) is 0 Å². The summed E-state index contributed by atoms with van der Waals surface area (Å²) >= 11 is 0. The molecule has 0 aliphatic heterocycles. The number of ketones is 1. The van der Waals surface area contributed by atoms with Crippen LogP contribution in [-0.4, -0.2) is 14.9 Å². The number of aryl methyl sites for hydroxylation is 1. The third kappa shape index (κ3) is 2.16. The number of para-hydroxylation sites is 1. The summed E-state index contributed by atoms with van der Waals surface area (Å²) in [4.78, 5) is 24.0. The summed E-state index contributed by atoms with van der Waals surface area (Å²) in [6, 6.07) is 10.6. The Kier molecular flexibility index (Phi) is 2.99. The number of fused-ring (bicyclic) bond motifs is 1. The molecule has 100 valence electrons. The summed E-state index contributed by atoms with van der Waals surface area (Å²) in [7, 11) is 1.88. The Morgan fingerprint density at radius 2 is 1.90 bits per heavy atom. The van der Waals surface area contributed by atoms with Crippen LogP contribution in [0, 0.1) is 0 Å². The summed E-state index contributed by atoms with van der Waals surface area (Å²) in [6.45, 7) is 0.227. The van der Waals surface area contributed by atoms with Crippen molar-refractivity contribution in [1.82, 2.24) is 9.13 Å². The lowest BCUT2D eigenvalue weighted by atomic mass is 10.2. The minimum atomic E-state index is -0.0241. The van der Waals surface area contributed by atoms with E-state index >= 15 is 0 Å². The lowest BCUT2D eigenvalue weighted by Gasteiger charge is -2.09. The molecule has 3 aromatic rings. The molecule has 4 nitrogen and oxygen atoms in total. The van der Waals surface area contributed by atoms with Crippen LogP contribution in [0.15, 0.2) is 59.8 Å². The van der Waals surface area contributed by atoms with Crippen molar-refractivity contribution >= 4 is 16.7 Å². The van der Waals surface area contributed by atoms with Crippen LogP contribution in [0.4, 0.5) is 0 Å².